The molecule has 0 aliphatic carbocycles. The molecule has 0 aromatic heterocycles. The summed E-state index contributed by atoms with van der Waals surface area (Å²) in [5.74, 6) is 0.736. The van der Waals surface area contributed by atoms with Crippen LogP contribution in [0.15, 0.2) is 42.5 Å². The summed E-state index contributed by atoms with van der Waals surface area (Å²) in [4.78, 5) is 0. The third-order valence-electron chi connectivity index (χ3n) is 2.26. The minimum Gasteiger partial charge on any atom is -0.491 e. The van der Waals surface area contributed by atoms with E-state index in [1.807, 2.05) is 48.5 Å². The Hall–Kier alpha value is -1.72. The Bertz CT molecular complexity index is 533. The van der Waals surface area contributed by atoms with Crippen LogP contribution in [0, 0.1) is 11.3 Å². The van der Waals surface area contributed by atoms with Crippen molar-refractivity contribution in [1.29, 1.82) is 5.26 Å². The van der Waals surface area contributed by atoms with Crippen molar-refractivity contribution in [2.24, 2.45) is 0 Å². The highest BCUT2D eigenvalue weighted by molar-refractivity contribution is 6.22. The van der Waals surface area contributed by atoms with Crippen molar-refractivity contribution in [1.82, 2.24) is 0 Å². The minimum absolute atomic E-state index is 0.205. The molecule has 0 amide bonds. The molecule has 1 unspecified atom stereocenters. The van der Waals surface area contributed by atoms with Gasteiger partial charge in [0.05, 0.1) is 6.07 Å². The van der Waals surface area contributed by atoms with E-state index in [2.05, 4.69) is 0 Å². The molecule has 0 N–H and O–H groups in total. The fourth-order valence-electron chi connectivity index (χ4n) is 1.46. The predicted molar refractivity (Wildman–Crippen MR) is 64.7 cm³/mol. The second-order valence-corrected chi connectivity index (χ2v) is 3.94. The van der Waals surface area contributed by atoms with Crippen LogP contribution in [0.25, 0.3) is 10.8 Å². The molecule has 0 bridgehead atoms. The van der Waals surface area contributed by atoms with Gasteiger partial charge in [-0.25, -0.2) is 0 Å². The summed E-state index contributed by atoms with van der Waals surface area (Å²) in [5.41, 5.74) is 0. The lowest BCUT2D eigenvalue weighted by molar-refractivity contribution is 0.329. The molecular weight excluding hydrogens is 222 g/mol. The van der Waals surface area contributed by atoms with Crippen LogP contribution in [0.1, 0.15) is 0 Å². The zero-order chi connectivity index (χ0) is 11.4. The first-order valence-corrected chi connectivity index (χ1v) is 5.38. The third kappa shape index (κ3) is 2.44. The first-order chi connectivity index (χ1) is 7.79. The lowest BCUT2D eigenvalue weighted by Gasteiger charge is -2.07. The van der Waals surface area contributed by atoms with Crippen molar-refractivity contribution in [2.75, 3.05) is 6.61 Å². The van der Waals surface area contributed by atoms with E-state index in [0.29, 0.717) is 0 Å². The Balaban J connectivity index is 2.17. The van der Waals surface area contributed by atoms with Gasteiger partial charge in [0.1, 0.15) is 12.4 Å². The Morgan fingerprint density at radius 2 is 1.94 bits per heavy atom. The van der Waals surface area contributed by atoms with Gasteiger partial charge >= 0.3 is 0 Å². The molecule has 2 aromatic rings. The summed E-state index contributed by atoms with van der Waals surface area (Å²) < 4.78 is 5.41. The summed E-state index contributed by atoms with van der Waals surface area (Å²) in [7, 11) is 0. The summed E-state index contributed by atoms with van der Waals surface area (Å²) in [5, 5.41) is 10.2. The maximum Gasteiger partial charge on any atom is 0.154 e. The van der Waals surface area contributed by atoms with Gasteiger partial charge < -0.3 is 4.74 Å². The summed E-state index contributed by atoms with van der Waals surface area (Å²) in [6, 6.07) is 15.7. The molecule has 0 aliphatic heterocycles. The van der Waals surface area contributed by atoms with E-state index in [-0.39, 0.29) is 6.61 Å². The first-order valence-electron chi connectivity index (χ1n) is 4.95. The van der Waals surface area contributed by atoms with Crippen molar-refractivity contribution >= 4 is 22.4 Å². The average molecular weight is 232 g/mol. The van der Waals surface area contributed by atoms with Gasteiger partial charge in [0, 0.05) is 0 Å². The number of hydrogen-bond donors (Lipinski definition) is 0. The average Bonchev–Trinajstić information content (AvgIpc) is 2.35. The van der Waals surface area contributed by atoms with Gasteiger partial charge in [-0.3, -0.25) is 0 Å². The third-order valence-corrected chi connectivity index (χ3v) is 2.48. The molecule has 16 heavy (non-hydrogen) atoms. The standard InChI is InChI=1S/C13H10ClNO/c14-12(8-15)9-16-13-6-5-10-3-1-2-4-11(10)7-13/h1-7,12H,9H2. The minimum atomic E-state index is -0.605. The molecule has 80 valence electrons. The zero-order valence-electron chi connectivity index (χ0n) is 8.56. The molecule has 2 aromatic carbocycles. The molecule has 0 saturated heterocycles. The van der Waals surface area contributed by atoms with Crippen LogP contribution in [-0.4, -0.2) is 12.0 Å². The van der Waals surface area contributed by atoms with Gasteiger partial charge in [-0.1, -0.05) is 30.3 Å². The fourth-order valence-corrected chi connectivity index (χ4v) is 1.53. The maximum atomic E-state index is 8.52. The van der Waals surface area contributed by atoms with Crippen LogP contribution >= 0.6 is 11.6 Å². The Morgan fingerprint density at radius 3 is 2.69 bits per heavy atom. The number of hydrogen-bond acceptors (Lipinski definition) is 2. The van der Waals surface area contributed by atoms with E-state index in [4.69, 9.17) is 21.6 Å². The van der Waals surface area contributed by atoms with E-state index in [1.165, 1.54) is 0 Å². The number of benzene rings is 2. The molecular formula is C13H10ClNO. The summed E-state index contributed by atoms with van der Waals surface area (Å²) in [6.07, 6.45) is 0. The molecule has 2 rings (SSSR count). The van der Waals surface area contributed by atoms with E-state index in [0.717, 1.165) is 16.5 Å². The van der Waals surface area contributed by atoms with Gasteiger partial charge in [0.2, 0.25) is 0 Å². The van der Waals surface area contributed by atoms with Crippen LogP contribution in [0.3, 0.4) is 0 Å². The lowest BCUT2D eigenvalue weighted by Crippen LogP contribution is -2.08. The second kappa shape index (κ2) is 4.87. The van der Waals surface area contributed by atoms with Crippen molar-refractivity contribution in [3.05, 3.63) is 42.5 Å². The van der Waals surface area contributed by atoms with E-state index < -0.39 is 5.38 Å². The number of alkyl halides is 1. The Labute approximate surface area is 99.0 Å². The van der Waals surface area contributed by atoms with Crippen molar-refractivity contribution in [3.8, 4) is 11.8 Å². The van der Waals surface area contributed by atoms with Crippen LogP contribution in [0.2, 0.25) is 0 Å². The Kier molecular flexibility index (Phi) is 3.28. The largest absolute Gasteiger partial charge is 0.491 e. The van der Waals surface area contributed by atoms with E-state index in [9.17, 15) is 0 Å². The molecule has 0 spiro atoms. The topological polar surface area (TPSA) is 33.0 Å². The highest BCUT2D eigenvalue weighted by atomic mass is 35.5. The van der Waals surface area contributed by atoms with Crippen molar-refractivity contribution in [3.63, 3.8) is 0 Å². The fraction of sp³-hybridized carbons (Fsp3) is 0.154. The van der Waals surface area contributed by atoms with E-state index in [1.54, 1.807) is 0 Å². The maximum absolute atomic E-state index is 8.52. The number of ether oxygens (including phenoxy) is 1. The van der Waals surface area contributed by atoms with Crippen molar-refractivity contribution < 1.29 is 4.74 Å². The van der Waals surface area contributed by atoms with Gasteiger partial charge in [0.15, 0.2) is 5.38 Å². The number of halogens is 1. The van der Waals surface area contributed by atoms with Crippen LogP contribution in [-0.2, 0) is 0 Å². The van der Waals surface area contributed by atoms with Crippen LogP contribution in [0.4, 0.5) is 0 Å². The van der Waals surface area contributed by atoms with Gasteiger partial charge in [-0.2, -0.15) is 5.26 Å². The molecule has 0 heterocycles. The highest BCUT2D eigenvalue weighted by Crippen LogP contribution is 2.20. The lowest BCUT2D eigenvalue weighted by atomic mass is 10.1. The van der Waals surface area contributed by atoms with E-state index >= 15 is 0 Å². The van der Waals surface area contributed by atoms with Crippen LogP contribution in [0.5, 0.6) is 5.75 Å². The zero-order valence-corrected chi connectivity index (χ0v) is 9.32. The smallest absolute Gasteiger partial charge is 0.154 e. The normalized spacial score (nSPS) is 12.0. The summed E-state index contributed by atoms with van der Waals surface area (Å²) >= 11 is 5.65. The first kappa shape index (κ1) is 10.8. The predicted octanol–water partition coefficient (Wildman–Crippen LogP) is 3.35. The van der Waals surface area contributed by atoms with Gasteiger partial charge in [-0.05, 0) is 22.9 Å². The summed E-state index contributed by atoms with van der Waals surface area (Å²) in [6.45, 7) is 0.205. The molecule has 0 saturated carbocycles. The molecule has 2 nitrogen and oxygen atoms in total. The Morgan fingerprint density at radius 1 is 1.19 bits per heavy atom. The van der Waals surface area contributed by atoms with Gasteiger partial charge in [0.25, 0.3) is 0 Å². The van der Waals surface area contributed by atoms with Crippen LogP contribution < -0.4 is 4.74 Å². The molecule has 3 heteroatoms. The van der Waals surface area contributed by atoms with Crippen molar-refractivity contribution in [2.45, 2.75) is 5.38 Å². The SMILES string of the molecule is N#CC(Cl)COc1ccc2ccccc2c1. The quantitative estimate of drug-likeness (QED) is 0.759. The number of fused-ring (bicyclic) bond motifs is 1. The second-order valence-electron chi connectivity index (χ2n) is 3.42. The molecule has 1 atom stereocenters. The molecule has 0 radical (unpaired) electrons. The number of nitriles is 1. The molecule has 0 aliphatic rings. The number of rotatable bonds is 3. The monoisotopic (exact) mass is 231 g/mol. The number of nitrogens with zero attached hydrogens (tertiary/aromatic N) is 1. The van der Waals surface area contributed by atoms with Gasteiger partial charge in [-0.15, -0.1) is 11.6 Å². The molecule has 0 fully saturated rings. The highest BCUT2D eigenvalue weighted by Gasteiger charge is 2.03.